The second-order valence-electron chi connectivity index (χ2n) is 3.98. The lowest BCUT2D eigenvalue weighted by Crippen LogP contribution is -2.32. The van der Waals surface area contributed by atoms with Gasteiger partial charge in [0.15, 0.2) is 0 Å². The van der Waals surface area contributed by atoms with Crippen LogP contribution in [-0.2, 0) is 15.9 Å². The number of carbonyl (C=O) groups excluding carboxylic acids is 2. The van der Waals surface area contributed by atoms with Gasteiger partial charge < -0.3 is 10.6 Å². The maximum Gasteiger partial charge on any atom is 0.243 e. The van der Waals surface area contributed by atoms with Gasteiger partial charge >= 0.3 is 0 Å². The van der Waals surface area contributed by atoms with Gasteiger partial charge in [-0.2, -0.15) is 0 Å². The van der Waals surface area contributed by atoms with Crippen molar-refractivity contribution in [3.8, 4) is 0 Å². The molecule has 0 fully saturated rings. The first-order chi connectivity index (χ1) is 8.65. The minimum absolute atomic E-state index is 0.00251. The predicted octanol–water partition coefficient (Wildman–Crippen LogP) is 1.21. The van der Waals surface area contributed by atoms with Crippen LogP contribution in [0, 0.1) is 0 Å². The summed E-state index contributed by atoms with van der Waals surface area (Å²) in [7, 11) is 5.48. The smallest absolute Gasteiger partial charge is 0.243 e. The van der Waals surface area contributed by atoms with Crippen molar-refractivity contribution < 1.29 is 9.59 Å². The third kappa shape index (κ3) is 5.04. The Morgan fingerprint density at radius 3 is 2.39 bits per heavy atom. The minimum Gasteiger partial charge on any atom is -0.347 e. The monoisotopic (exact) mass is 244 g/mol. The molecule has 1 rings (SSSR count). The number of benzene rings is 1. The van der Waals surface area contributed by atoms with E-state index in [-0.39, 0.29) is 18.4 Å². The Bertz CT molecular complexity index is 404. The van der Waals surface area contributed by atoms with E-state index in [0.717, 1.165) is 12.0 Å². The fourth-order valence-corrected chi connectivity index (χ4v) is 1.42. The first-order valence-corrected chi connectivity index (χ1v) is 6.01. The molecule has 0 unspecified atom stereocenters. The molecule has 0 aliphatic carbocycles. The summed E-state index contributed by atoms with van der Waals surface area (Å²) in [5.41, 5.74) is 1.70. The van der Waals surface area contributed by atoms with Crippen molar-refractivity contribution in [2.75, 3.05) is 11.9 Å². The fraction of sp³-hybridized carbons (Fsp3) is 0.385. The molecular formula is C13H17BN2O2. The lowest BCUT2D eigenvalue weighted by molar-refractivity contribution is -0.124. The molecule has 2 radical (unpaired) electrons. The summed E-state index contributed by atoms with van der Waals surface area (Å²) in [5.74, 6) is -0.342. The number of carbonyl (C=O) groups is 2. The van der Waals surface area contributed by atoms with E-state index in [1.165, 1.54) is 0 Å². The summed E-state index contributed by atoms with van der Waals surface area (Å²) in [6.07, 6.45) is 1.69. The Labute approximate surface area is 109 Å². The van der Waals surface area contributed by atoms with Crippen molar-refractivity contribution in [2.45, 2.75) is 26.1 Å². The van der Waals surface area contributed by atoms with Crippen LogP contribution in [0.1, 0.15) is 25.3 Å². The molecule has 2 N–H and O–H groups in total. The molecule has 0 spiro atoms. The molecule has 0 saturated carbocycles. The molecule has 5 heteroatoms. The molecule has 0 aromatic heterocycles. The van der Waals surface area contributed by atoms with Gasteiger partial charge in [0, 0.05) is 12.1 Å². The van der Waals surface area contributed by atoms with Crippen LogP contribution in [0.25, 0.3) is 0 Å². The van der Waals surface area contributed by atoms with E-state index in [2.05, 4.69) is 10.6 Å². The normalized spacial score (nSPS) is 9.83. The third-order valence-corrected chi connectivity index (χ3v) is 2.40. The zero-order valence-electron chi connectivity index (χ0n) is 10.5. The van der Waals surface area contributed by atoms with Crippen LogP contribution in [0.4, 0.5) is 5.69 Å². The molecule has 1 aromatic carbocycles. The van der Waals surface area contributed by atoms with Crippen LogP contribution in [0.3, 0.4) is 0 Å². The Hall–Kier alpha value is -1.78. The Morgan fingerprint density at radius 1 is 1.17 bits per heavy atom. The molecule has 0 bridgehead atoms. The Balaban J connectivity index is 2.37. The lowest BCUT2D eigenvalue weighted by atomic mass is 9.97. The van der Waals surface area contributed by atoms with Crippen LogP contribution < -0.4 is 10.6 Å². The highest BCUT2D eigenvalue weighted by Gasteiger charge is 2.04. The summed E-state index contributed by atoms with van der Waals surface area (Å²) in [5, 5.41) is 5.25. The summed E-state index contributed by atoms with van der Waals surface area (Å²) in [4.78, 5) is 22.7. The van der Waals surface area contributed by atoms with Crippen molar-refractivity contribution >= 4 is 25.3 Å². The predicted molar refractivity (Wildman–Crippen MR) is 72.4 cm³/mol. The SMILES string of the molecule is [B]Cc1ccc(NC(=O)CNC(=O)CCC)cc1. The molecule has 94 valence electrons. The minimum atomic E-state index is -0.236. The highest BCUT2D eigenvalue weighted by atomic mass is 16.2. The lowest BCUT2D eigenvalue weighted by Gasteiger charge is -2.07. The van der Waals surface area contributed by atoms with E-state index in [9.17, 15) is 9.59 Å². The van der Waals surface area contributed by atoms with Crippen LogP contribution >= 0.6 is 0 Å². The van der Waals surface area contributed by atoms with Gasteiger partial charge in [-0.15, -0.1) is 0 Å². The molecule has 0 saturated heterocycles. The maximum absolute atomic E-state index is 11.5. The summed E-state index contributed by atoms with van der Waals surface area (Å²) >= 11 is 0. The zero-order valence-corrected chi connectivity index (χ0v) is 10.5. The zero-order chi connectivity index (χ0) is 13.4. The number of amides is 2. The maximum atomic E-state index is 11.5. The number of hydrogen-bond donors (Lipinski definition) is 2. The van der Waals surface area contributed by atoms with E-state index in [1.54, 1.807) is 12.1 Å². The molecule has 0 aliphatic rings. The average molecular weight is 244 g/mol. The van der Waals surface area contributed by atoms with E-state index < -0.39 is 0 Å². The molecule has 18 heavy (non-hydrogen) atoms. The second kappa shape index (κ2) is 7.53. The molecule has 1 aromatic rings. The summed E-state index contributed by atoms with van der Waals surface area (Å²) in [6, 6.07) is 7.28. The highest BCUT2D eigenvalue weighted by molar-refractivity contribution is 6.08. The Morgan fingerprint density at radius 2 is 1.83 bits per heavy atom. The van der Waals surface area contributed by atoms with Gasteiger partial charge in [0.1, 0.15) is 0 Å². The molecular weight excluding hydrogens is 227 g/mol. The first-order valence-electron chi connectivity index (χ1n) is 6.01. The van der Waals surface area contributed by atoms with Gasteiger partial charge in [0.05, 0.1) is 14.4 Å². The van der Waals surface area contributed by atoms with Crippen LogP contribution in [0.15, 0.2) is 24.3 Å². The van der Waals surface area contributed by atoms with E-state index in [0.29, 0.717) is 18.4 Å². The standard InChI is InChI=1S/C13H17BN2O2/c1-2-3-12(17)15-9-13(18)16-11-6-4-10(8-14)5-7-11/h4-7H,2-3,8-9H2,1H3,(H,15,17)(H,16,18). The van der Waals surface area contributed by atoms with Crippen molar-refractivity contribution in [3.05, 3.63) is 29.8 Å². The van der Waals surface area contributed by atoms with E-state index in [1.807, 2.05) is 19.1 Å². The quantitative estimate of drug-likeness (QED) is 0.739. The summed E-state index contributed by atoms with van der Waals surface area (Å²) < 4.78 is 0. The van der Waals surface area contributed by atoms with Gasteiger partial charge in [-0.1, -0.05) is 30.9 Å². The topological polar surface area (TPSA) is 58.2 Å². The fourth-order valence-electron chi connectivity index (χ4n) is 1.42. The molecule has 0 atom stereocenters. The Kier molecular flexibility index (Phi) is 5.98. The van der Waals surface area contributed by atoms with Gasteiger partial charge in [0.2, 0.25) is 11.8 Å². The molecule has 0 aliphatic heterocycles. The third-order valence-electron chi connectivity index (χ3n) is 2.40. The van der Waals surface area contributed by atoms with Crippen LogP contribution in [0.5, 0.6) is 0 Å². The van der Waals surface area contributed by atoms with Crippen LogP contribution in [-0.4, -0.2) is 26.2 Å². The van der Waals surface area contributed by atoms with Crippen LogP contribution in [0.2, 0.25) is 0 Å². The van der Waals surface area contributed by atoms with Crippen molar-refractivity contribution in [1.82, 2.24) is 5.32 Å². The highest BCUT2D eigenvalue weighted by Crippen LogP contribution is 2.08. The number of nitrogens with one attached hydrogen (secondary N) is 2. The molecule has 0 heterocycles. The second-order valence-corrected chi connectivity index (χ2v) is 3.98. The number of anilines is 1. The van der Waals surface area contributed by atoms with Gasteiger partial charge in [-0.3, -0.25) is 9.59 Å². The average Bonchev–Trinajstić information content (AvgIpc) is 2.38. The number of hydrogen-bond acceptors (Lipinski definition) is 2. The van der Waals surface area contributed by atoms with Crippen molar-refractivity contribution in [1.29, 1.82) is 0 Å². The largest absolute Gasteiger partial charge is 0.347 e. The van der Waals surface area contributed by atoms with E-state index >= 15 is 0 Å². The van der Waals surface area contributed by atoms with Crippen molar-refractivity contribution in [3.63, 3.8) is 0 Å². The van der Waals surface area contributed by atoms with E-state index in [4.69, 9.17) is 7.85 Å². The summed E-state index contributed by atoms with van der Waals surface area (Å²) in [6.45, 7) is 1.91. The molecule has 2 amide bonds. The van der Waals surface area contributed by atoms with Gasteiger partial charge in [0.25, 0.3) is 0 Å². The van der Waals surface area contributed by atoms with Gasteiger partial charge in [-0.25, -0.2) is 0 Å². The molecule has 4 nitrogen and oxygen atoms in total. The van der Waals surface area contributed by atoms with Gasteiger partial charge in [-0.05, 0) is 18.6 Å². The number of rotatable bonds is 6. The van der Waals surface area contributed by atoms with Crippen molar-refractivity contribution in [2.24, 2.45) is 0 Å². The first kappa shape index (κ1) is 14.3.